The van der Waals surface area contributed by atoms with Crippen LogP contribution in [0.25, 0.3) is 0 Å². The fraction of sp³-hybridized carbons (Fsp3) is 0.938. The van der Waals surface area contributed by atoms with Crippen molar-refractivity contribution in [3.05, 3.63) is 0 Å². The second-order valence-electron chi connectivity index (χ2n) is 14.2. The first kappa shape index (κ1) is 36.3. The van der Waals surface area contributed by atoms with Gasteiger partial charge in [-0.25, -0.2) is 0 Å². The van der Waals surface area contributed by atoms with Gasteiger partial charge in [-0.3, -0.25) is 14.5 Å². The molecule has 0 amide bonds. The van der Waals surface area contributed by atoms with Crippen molar-refractivity contribution in [2.45, 2.75) is 116 Å². The van der Waals surface area contributed by atoms with Crippen LogP contribution in [0.5, 0.6) is 0 Å². The van der Waals surface area contributed by atoms with Crippen molar-refractivity contribution in [1.29, 1.82) is 0 Å². The number of hydrogen-bond donors (Lipinski definition) is 3. The summed E-state index contributed by atoms with van der Waals surface area (Å²) in [5.41, 5.74) is -1.13. The third-order valence-corrected chi connectivity index (χ3v) is 10.5. The fourth-order valence-corrected chi connectivity index (χ4v) is 7.21. The Morgan fingerprint density at radius 2 is 1.53 bits per heavy atom. The minimum atomic E-state index is -1.19. The third-order valence-electron chi connectivity index (χ3n) is 10.5. The molecule has 11 heteroatoms. The lowest BCUT2D eigenvalue weighted by molar-refractivity contribution is -0.302. The molecule has 2 aliphatic heterocycles. The number of carbonyl (C=O) groups is 2. The van der Waals surface area contributed by atoms with E-state index >= 15 is 0 Å². The molecule has 0 radical (unpaired) electrons. The highest BCUT2D eigenvalue weighted by atomic mass is 16.7. The van der Waals surface area contributed by atoms with Crippen molar-refractivity contribution in [3.8, 4) is 0 Å². The largest absolute Gasteiger partial charge is 0.461 e. The summed E-state index contributed by atoms with van der Waals surface area (Å²) in [7, 11) is 7.51. The van der Waals surface area contributed by atoms with Crippen LogP contribution in [0.2, 0.25) is 0 Å². The van der Waals surface area contributed by atoms with E-state index in [4.69, 9.17) is 18.9 Å². The van der Waals surface area contributed by atoms with E-state index in [1.54, 1.807) is 20.8 Å². The van der Waals surface area contributed by atoms with Gasteiger partial charge in [0.25, 0.3) is 0 Å². The maximum Gasteiger partial charge on any atom is 0.311 e. The van der Waals surface area contributed by atoms with Gasteiger partial charge in [-0.1, -0.05) is 27.7 Å². The van der Waals surface area contributed by atoms with Crippen molar-refractivity contribution in [3.63, 3.8) is 0 Å². The SMILES string of the molecule is CO[C@@]1(C)C[C@@H](C)C(=O)[C@H](C)[C@@H](O)[C@H]2C(C)[C@H]2OC(=O)[C@H](C)[C@@H](O)[C@H](C)[C@H]1O[C@@H]1O[C@H](C)C[C@H](N(C)CCN(C)C)[C@H]1O. The zero-order valence-corrected chi connectivity index (χ0v) is 28.1. The van der Waals surface area contributed by atoms with Crippen LogP contribution < -0.4 is 0 Å². The summed E-state index contributed by atoms with van der Waals surface area (Å²) >= 11 is 0. The number of rotatable bonds is 7. The number of esters is 1. The summed E-state index contributed by atoms with van der Waals surface area (Å²) < 4.78 is 24.6. The van der Waals surface area contributed by atoms with E-state index in [-0.39, 0.29) is 36.2 Å². The minimum absolute atomic E-state index is 0.0903. The first-order valence-electron chi connectivity index (χ1n) is 15.9. The van der Waals surface area contributed by atoms with Gasteiger partial charge in [0.15, 0.2) is 6.29 Å². The average molecular weight is 615 g/mol. The number of nitrogens with zero attached hydrogens (tertiary/aromatic N) is 2. The first-order valence-corrected chi connectivity index (χ1v) is 15.9. The summed E-state index contributed by atoms with van der Waals surface area (Å²) in [6.45, 7) is 14.1. The summed E-state index contributed by atoms with van der Waals surface area (Å²) in [6, 6.07) is -0.230. The number of aliphatic hydroxyl groups excluding tert-OH is 3. The van der Waals surface area contributed by atoms with Gasteiger partial charge in [0.1, 0.15) is 18.0 Å². The van der Waals surface area contributed by atoms with Crippen LogP contribution in [-0.2, 0) is 28.5 Å². The molecular formula is C32H58N2O9. The summed E-state index contributed by atoms with van der Waals surface area (Å²) in [5.74, 6) is -3.87. The average Bonchev–Trinajstić information content (AvgIpc) is 3.60. The summed E-state index contributed by atoms with van der Waals surface area (Å²) in [5, 5.41) is 34.2. The Kier molecular flexibility index (Phi) is 12.2. The van der Waals surface area contributed by atoms with Crippen LogP contribution in [0, 0.1) is 35.5 Å². The van der Waals surface area contributed by atoms with Gasteiger partial charge < -0.3 is 39.2 Å². The highest BCUT2D eigenvalue weighted by molar-refractivity contribution is 5.83. The number of methoxy groups -OCH3 is 1. The van der Waals surface area contributed by atoms with Gasteiger partial charge in [-0.2, -0.15) is 0 Å². The van der Waals surface area contributed by atoms with E-state index in [1.165, 1.54) is 7.11 Å². The lowest BCUT2D eigenvalue weighted by Gasteiger charge is -2.48. The van der Waals surface area contributed by atoms with Crippen molar-refractivity contribution in [2.75, 3.05) is 41.3 Å². The number of fused-ring (bicyclic) bond motifs is 1. The van der Waals surface area contributed by atoms with E-state index in [0.29, 0.717) is 6.42 Å². The van der Waals surface area contributed by atoms with Gasteiger partial charge in [-0.05, 0) is 54.8 Å². The topological polar surface area (TPSA) is 138 Å². The molecule has 0 aromatic heterocycles. The molecular weight excluding hydrogens is 556 g/mol. The molecule has 1 saturated carbocycles. The van der Waals surface area contributed by atoms with Crippen LogP contribution in [-0.4, -0.2) is 133 Å². The normalized spacial score (nSPS) is 46.8. The highest BCUT2D eigenvalue weighted by Gasteiger charge is 2.57. The van der Waals surface area contributed by atoms with E-state index in [2.05, 4.69) is 9.80 Å². The molecule has 3 aliphatic rings. The Hall–Kier alpha value is -1.18. The molecule has 0 aromatic rings. The standard InChI is InChI=1S/C32H58N2O9/c1-16-15-32(7,40-11)29(43-31-27(38)22(14-17(2)41-31)34(10)13-12-33(8)9)20(5)25(36)21(6)30(39)42-28-18(3)23(28)26(37)19(4)24(16)35/h16-23,25-29,31,36-38H,12-15H2,1-11H3/t16-,17-,18?,19+,20+,21-,22+,23-,25+,26-,27-,28-,29-,31+,32+/m1/s1. The smallest absolute Gasteiger partial charge is 0.311 e. The minimum Gasteiger partial charge on any atom is -0.461 e. The second kappa shape index (κ2) is 14.5. The molecule has 0 aromatic carbocycles. The zero-order chi connectivity index (χ0) is 32.5. The number of aliphatic hydroxyl groups is 3. The van der Waals surface area contributed by atoms with Crippen molar-refractivity contribution >= 4 is 11.8 Å². The van der Waals surface area contributed by atoms with Crippen molar-refractivity contribution in [2.24, 2.45) is 35.5 Å². The van der Waals surface area contributed by atoms with Crippen LogP contribution in [0.1, 0.15) is 61.3 Å². The Labute approximate surface area is 258 Å². The van der Waals surface area contributed by atoms with Gasteiger partial charge >= 0.3 is 5.97 Å². The van der Waals surface area contributed by atoms with Crippen molar-refractivity contribution in [1.82, 2.24) is 9.80 Å². The monoisotopic (exact) mass is 614 g/mol. The molecule has 1 unspecified atom stereocenters. The predicted molar refractivity (Wildman–Crippen MR) is 161 cm³/mol. The molecule has 43 heavy (non-hydrogen) atoms. The van der Waals surface area contributed by atoms with Gasteiger partial charge in [0.2, 0.25) is 0 Å². The Bertz CT molecular complexity index is 952. The van der Waals surface area contributed by atoms with Gasteiger partial charge in [-0.15, -0.1) is 0 Å². The molecule has 3 fully saturated rings. The molecule has 0 spiro atoms. The van der Waals surface area contributed by atoms with Crippen LogP contribution in [0.3, 0.4) is 0 Å². The van der Waals surface area contributed by atoms with E-state index in [1.807, 2.05) is 48.8 Å². The van der Waals surface area contributed by atoms with Crippen LogP contribution in [0.15, 0.2) is 0 Å². The molecule has 11 nitrogen and oxygen atoms in total. The molecule has 1 aliphatic carbocycles. The van der Waals surface area contributed by atoms with Crippen molar-refractivity contribution < 1.29 is 43.9 Å². The predicted octanol–water partition coefficient (Wildman–Crippen LogP) is 1.55. The molecule has 0 bridgehead atoms. The lowest BCUT2D eigenvalue weighted by Crippen LogP contribution is -2.60. The molecule has 250 valence electrons. The van der Waals surface area contributed by atoms with Gasteiger partial charge in [0.05, 0.1) is 35.9 Å². The fourth-order valence-electron chi connectivity index (χ4n) is 7.21. The number of likely N-dealkylation sites (N-methyl/N-ethyl adjacent to an activating group) is 2. The summed E-state index contributed by atoms with van der Waals surface area (Å²) in [6.07, 6.45) is -4.93. The van der Waals surface area contributed by atoms with E-state index < -0.39 is 72.1 Å². The Morgan fingerprint density at radius 1 is 0.907 bits per heavy atom. The number of ketones is 1. The molecule has 2 heterocycles. The second-order valence-corrected chi connectivity index (χ2v) is 14.2. The Morgan fingerprint density at radius 3 is 2.12 bits per heavy atom. The molecule has 2 saturated heterocycles. The zero-order valence-electron chi connectivity index (χ0n) is 28.1. The summed E-state index contributed by atoms with van der Waals surface area (Å²) in [4.78, 5) is 31.0. The molecule has 3 N–H and O–H groups in total. The molecule has 15 atom stereocenters. The maximum absolute atomic E-state index is 13.6. The number of carbonyl (C=O) groups excluding carboxylic acids is 2. The third kappa shape index (κ3) is 7.98. The van der Waals surface area contributed by atoms with Gasteiger partial charge in [0, 0.05) is 55.8 Å². The lowest BCUT2D eigenvalue weighted by atomic mass is 9.75. The van der Waals surface area contributed by atoms with Crippen LogP contribution >= 0.6 is 0 Å². The number of Topliss-reactive ketones (excluding diaryl/α,β-unsaturated/α-hetero) is 1. The quantitative estimate of drug-likeness (QED) is 0.360. The van der Waals surface area contributed by atoms with Crippen LogP contribution in [0.4, 0.5) is 0 Å². The Balaban J connectivity index is 1.96. The van der Waals surface area contributed by atoms with E-state index in [9.17, 15) is 24.9 Å². The first-order chi connectivity index (χ1) is 19.9. The van der Waals surface area contributed by atoms with E-state index in [0.717, 1.165) is 13.1 Å². The number of ether oxygens (including phenoxy) is 4. The maximum atomic E-state index is 13.6. The number of hydrogen-bond acceptors (Lipinski definition) is 11. The molecule has 3 rings (SSSR count). The highest BCUT2D eigenvalue weighted by Crippen LogP contribution is 2.47.